The SMILES string of the molecule is Nc1[nH]c(N=O)c2c(Cl)c(Cl)c(Cl)c(Cl)c12.Nc1[nH]c(N=O)c2c(Cl)c(Cl)c(Cl)c(Cl)c12.[Ni]. The minimum atomic E-state index is -0.0297. The topological polar surface area (TPSA) is 142 Å². The Morgan fingerprint density at radius 1 is 0.485 bits per heavy atom. The number of hydrogen-bond acceptors (Lipinski definition) is 6. The third kappa shape index (κ3) is 4.68. The van der Waals surface area contributed by atoms with E-state index in [9.17, 15) is 9.81 Å². The fourth-order valence-electron chi connectivity index (χ4n) is 2.86. The van der Waals surface area contributed by atoms with Crippen molar-refractivity contribution in [2.75, 3.05) is 11.5 Å². The first-order chi connectivity index (χ1) is 15.0. The molecule has 0 bridgehead atoms. The van der Waals surface area contributed by atoms with Gasteiger partial charge in [-0.1, -0.05) is 92.8 Å². The molecular formula is C16H6Cl8N6NiO2. The molecule has 4 aromatic rings. The van der Waals surface area contributed by atoms with Gasteiger partial charge in [0.05, 0.1) is 51.0 Å². The van der Waals surface area contributed by atoms with Gasteiger partial charge in [0, 0.05) is 27.3 Å². The Kier molecular flexibility index (Phi) is 9.30. The van der Waals surface area contributed by atoms with Gasteiger partial charge in [-0.05, 0) is 10.4 Å². The van der Waals surface area contributed by atoms with Gasteiger partial charge in [-0.3, -0.25) is 0 Å². The van der Waals surface area contributed by atoms with E-state index >= 15 is 0 Å². The van der Waals surface area contributed by atoms with Gasteiger partial charge in [0.25, 0.3) is 0 Å². The molecule has 0 spiro atoms. The number of hydrogen-bond donors (Lipinski definition) is 4. The molecule has 0 saturated carbocycles. The Morgan fingerprint density at radius 3 is 0.970 bits per heavy atom. The monoisotopic (exact) mass is 652 g/mol. The van der Waals surface area contributed by atoms with Crippen LogP contribution in [-0.4, -0.2) is 9.97 Å². The van der Waals surface area contributed by atoms with E-state index in [-0.39, 0.29) is 90.7 Å². The second-order valence-corrected chi connectivity index (χ2v) is 8.99. The Balaban J connectivity index is 0.000000227. The first-order valence-corrected chi connectivity index (χ1v) is 10.9. The van der Waals surface area contributed by atoms with Crippen LogP contribution in [0.25, 0.3) is 21.5 Å². The summed E-state index contributed by atoms with van der Waals surface area (Å²) in [5, 5.41) is 7.50. The third-order valence-corrected chi connectivity index (χ3v) is 7.84. The number of aromatic amines is 2. The van der Waals surface area contributed by atoms with Gasteiger partial charge in [0.2, 0.25) is 0 Å². The van der Waals surface area contributed by atoms with Crippen molar-refractivity contribution in [3.63, 3.8) is 0 Å². The van der Waals surface area contributed by atoms with E-state index in [1.165, 1.54) is 0 Å². The quantitative estimate of drug-likeness (QED) is 0.0738. The van der Waals surface area contributed by atoms with Gasteiger partial charge in [0.1, 0.15) is 11.6 Å². The molecule has 6 N–H and O–H groups in total. The fraction of sp³-hybridized carbons (Fsp3) is 0. The van der Waals surface area contributed by atoms with E-state index in [0.717, 1.165) is 0 Å². The molecule has 0 aliphatic heterocycles. The Bertz CT molecular complexity index is 1330. The molecule has 8 nitrogen and oxygen atoms in total. The molecule has 178 valence electrons. The summed E-state index contributed by atoms with van der Waals surface area (Å²) >= 11 is 47.2. The molecule has 0 fully saturated rings. The van der Waals surface area contributed by atoms with Crippen molar-refractivity contribution in [2.45, 2.75) is 0 Å². The summed E-state index contributed by atoms with van der Waals surface area (Å²) in [4.78, 5) is 26.3. The van der Waals surface area contributed by atoms with Crippen molar-refractivity contribution in [3.8, 4) is 0 Å². The standard InChI is InChI=1S/2C8H3Cl4N3O.Ni/c2*9-3-1-2(4(10)6(12)5(3)11)8(15-16)14-7(1)13;/h2*14H,13H2;. The van der Waals surface area contributed by atoms with Crippen molar-refractivity contribution in [2.24, 2.45) is 10.4 Å². The van der Waals surface area contributed by atoms with Crippen LogP contribution in [0.4, 0.5) is 23.3 Å². The van der Waals surface area contributed by atoms with E-state index in [4.69, 9.17) is 104 Å². The molecule has 0 radical (unpaired) electrons. The maximum Gasteiger partial charge on any atom is 0.185 e. The number of nitrogens with two attached hydrogens (primary N) is 2. The van der Waals surface area contributed by atoms with Crippen LogP contribution in [0.2, 0.25) is 40.2 Å². The second-order valence-electron chi connectivity index (χ2n) is 5.97. The Hall–Kier alpha value is -0.866. The molecule has 0 unspecified atom stereocenters. The number of nitroso groups, excluding NO2 is 2. The normalized spacial score (nSPS) is 10.7. The molecule has 0 saturated heterocycles. The Morgan fingerprint density at radius 2 is 0.727 bits per heavy atom. The van der Waals surface area contributed by atoms with Crippen LogP contribution in [0, 0.1) is 9.81 Å². The summed E-state index contributed by atoms with van der Waals surface area (Å²) in [6, 6.07) is 0. The minimum Gasteiger partial charge on any atom is -0.385 e. The number of benzene rings is 2. The van der Waals surface area contributed by atoms with Crippen molar-refractivity contribution in [3.05, 3.63) is 50.0 Å². The van der Waals surface area contributed by atoms with Crippen LogP contribution in [0.15, 0.2) is 10.4 Å². The van der Waals surface area contributed by atoms with Crippen LogP contribution in [0.5, 0.6) is 0 Å². The number of rotatable bonds is 2. The average Bonchev–Trinajstić information content (AvgIpc) is 3.30. The molecule has 2 heterocycles. The van der Waals surface area contributed by atoms with E-state index in [1.54, 1.807) is 0 Å². The number of aromatic nitrogens is 2. The van der Waals surface area contributed by atoms with Crippen LogP contribution in [-0.2, 0) is 16.5 Å². The molecule has 2 aromatic carbocycles. The number of fused-ring (bicyclic) bond motifs is 2. The summed E-state index contributed by atoms with van der Waals surface area (Å²) in [5.41, 5.74) is 11.3. The van der Waals surface area contributed by atoms with Gasteiger partial charge < -0.3 is 21.4 Å². The third-order valence-electron chi connectivity index (χ3n) is 4.24. The Labute approximate surface area is 234 Å². The van der Waals surface area contributed by atoms with Gasteiger partial charge in [-0.2, -0.15) is 0 Å². The molecular weight excluding hydrogens is 651 g/mol. The number of nitrogens with zero attached hydrogens (tertiary/aromatic N) is 2. The summed E-state index contributed by atoms with van der Waals surface area (Å²) < 4.78 is 0. The van der Waals surface area contributed by atoms with Gasteiger partial charge >= 0.3 is 0 Å². The van der Waals surface area contributed by atoms with E-state index < -0.39 is 0 Å². The molecule has 4 rings (SSSR count). The average molecular weight is 657 g/mol. The van der Waals surface area contributed by atoms with Crippen molar-refractivity contribution in [1.29, 1.82) is 0 Å². The molecule has 0 amide bonds. The number of halogens is 8. The molecule has 33 heavy (non-hydrogen) atoms. The second kappa shape index (κ2) is 10.8. The zero-order chi connectivity index (χ0) is 24.1. The van der Waals surface area contributed by atoms with E-state index in [1.807, 2.05) is 0 Å². The molecule has 0 atom stereocenters. The molecule has 2 aromatic heterocycles. The maximum absolute atomic E-state index is 10.6. The zero-order valence-corrected chi connectivity index (χ0v) is 22.2. The first kappa shape index (κ1) is 28.4. The van der Waals surface area contributed by atoms with Crippen LogP contribution >= 0.6 is 92.8 Å². The molecule has 17 heteroatoms. The van der Waals surface area contributed by atoms with Crippen LogP contribution in [0.1, 0.15) is 0 Å². The van der Waals surface area contributed by atoms with Crippen LogP contribution in [0.3, 0.4) is 0 Å². The predicted molar refractivity (Wildman–Crippen MR) is 136 cm³/mol. The van der Waals surface area contributed by atoms with Crippen molar-refractivity contribution >= 4 is 138 Å². The summed E-state index contributed by atoms with van der Waals surface area (Å²) in [5.74, 6) is 0.265. The van der Waals surface area contributed by atoms with Crippen LogP contribution < -0.4 is 11.5 Å². The summed E-state index contributed by atoms with van der Waals surface area (Å²) in [6.07, 6.45) is 0. The van der Waals surface area contributed by atoms with E-state index in [2.05, 4.69) is 20.3 Å². The largest absolute Gasteiger partial charge is 0.385 e. The summed E-state index contributed by atoms with van der Waals surface area (Å²) in [7, 11) is 0. The van der Waals surface area contributed by atoms with Gasteiger partial charge in [0.15, 0.2) is 11.6 Å². The number of nitrogens with one attached hydrogen (secondary N) is 2. The maximum atomic E-state index is 10.6. The van der Waals surface area contributed by atoms with Gasteiger partial charge in [-0.15, -0.1) is 9.81 Å². The minimum absolute atomic E-state index is 0. The number of nitrogen functional groups attached to an aromatic ring is 2. The zero-order valence-electron chi connectivity index (χ0n) is 15.2. The van der Waals surface area contributed by atoms with E-state index in [0.29, 0.717) is 10.8 Å². The van der Waals surface area contributed by atoms with Crippen molar-refractivity contribution < 1.29 is 16.5 Å². The number of H-pyrrole nitrogens is 2. The molecule has 0 aliphatic rings. The smallest absolute Gasteiger partial charge is 0.185 e. The van der Waals surface area contributed by atoms with Gasteiger partial charge in [-0.25, -0.2) is 0 Å². The number of anilines is 2. The first-order valence-electron chi connectivity index (χ1n) is 7.90. The fourth-order valence-corrected chi connectivity index (χ4v) is 4.94. The molecule has 0 aliphatic carbocycles. The summed E-state index contributed by atoms with van der Waals surface area (Å²) in [6.45, 7) is 0. The predicted octanol–water partition coefficient (Wildman–Crippen LogP) is 9.52. The van der Waals surface area contributed by atoms with Crippen molar-refractivity contribution in [1.82, 2.24) is 9.97 Å².